The number of pyridine rings is 1. The van der Waals surface area contributed by atoms with Gasteiger partial charge in [0.1, 0.15) is 5.56 Å². The largest absolute Gasteiger partial charge is 0.348 e. The molecule has 0 spiro atoms. The van der Waals surface area contributed by atoms with Gasteiger partial charge in [0.15, 0.2) is 0 Å². The molecule has 0 bridgehead atoms. The summed E-state index contributed by atoms with van der Waals surface area (Å²) < 4.78 is 1.47. The van der Waals surface area contributed by atoms with Gasteiger partial charge in [-0.3, -0.25) is 9.59 Å². The van der Waals surface area contributed by atoms with Gasteiger partial charge >= 0.3 is 0 Å². The van der Waals surface area contributed by atoms with Crippen LogP contribution in [0.5, 0.6) is 0 Å². The van der Waals surface area contributed by atoms with Gasteiger partial charge in [-0.1, -0.05) is 42.1 Å². The summed E-state index contributed by atoms with van der Waals surface area (Å²) in [6.07, 6.45) is 8.63. The van der Waals surface area contributed by atoms with Crippen molar-refractivity contribution in [2.75, 3.05) is 0 Å². The zero-order valence-electron chi connectivity index (χ0n) is 16.2. The van der Waals surface area contributed by atoms with E-state index in [1.54, 1.807) is 36.5 Å². The molecule has 7 heteroatoms. The number of rotatable bonds is 6. The second-order valence-corrected chi connectivity index (χ2v) is 8.78. The van der Waals surface area contributed by atoms with E-state index in [1.165, 1.54) is 30.3 Å². The van der Waals surface area contributed by atoms with Crippen molar-refractivity contribution in [3.05, 3.63) is 68.1 Å². The van der Waals surface area contributed by atoms with Crippen LogP contribution in [0.4, 0.5) is 0 Å². The fraction of sp³-hybridized carbons (Fsp3) is 0.455. The van der Waals surface area contributed by atoms with Crippen molar-refractivity contribution in [2.45, 2.75) is 63.2 Å². The van der Waals surface area contributed by atoms with Crippen LogP contribution in [0.15, 0.2) is 41.3 Å². The van der Waals surface area contributed by atoms with Crippen LogP contribution in [0.25, 0.3) is 0 Å². The Labute approximate surface area is 180 Å². The molecule has 154 valence electrons. The molecule has 4 rings (SSSR count). The molecular formula is C22H25Cl2N3O2. The third kappa shape index (κ3) is 4.52. The zero-order chi connectivity index (χ0) is 20.4. The summed E-state index contributed by atoms with van der Waals surface area (Å²) in [4.78, 5) is 25.7. The molecule has 2 aliphatic rings. The first-order valence-corrected chi connectivity index (χ1v) is 11.0. The van der Waals surface area contributed by atoms with Gasteiger partial charge in [0.25, 0.3) is 11.5 Å². The summed E-state index contributed by atoms with van der Waals surface area (Å²) in [6, 6.07) is 9.45. The predicted octanol–water partition coefficient (Wildman–Crippen LogP) is 4.00. The van der Waals surface area contributed by atoms with Crippen LogP contribution in [-0.4, -0.2) is 28.6 Å². The van der Waals surface area contributed by atoms with E-state index < -0.39 is 0 Å². The molecule has 0 saturated heterocycles. The maximum absolute atomic E-state index is 12.9. The minimum atomic E-state index is -0.347. The lowest BCUT2D eigenvalue weighted by atomic mass is 9.85. The van der Waals surface area contributed by atoms with E-state index >= 15 is 0 Å². The third-order valence-electron chi connectivity index (χ3n) is 6.05. The quantitative estimate of drug-likeness (QED) is 0.723. The van der Waals surface area contributed by atoms with Gasteiger partial charge < -0.3 is 15.2 Å². The smallest absolute Gasteiger partial charge is 0.263 e. The highest BCUT2D eigenvalue weighted by molar-refractivity contribution is 6.35. The van der Waals surface area contributed by atoms with Gasteiger partial charge in [0, 0.05) is 39.9 Å². The maximum atomic E-state index is 12.9. The molecule has 2 saturated carbocycles. The summed E-state index contributed by atoms with van der Waals surface area (Å²) in [5, 5.41) is 7.70. The van der Waals surface area contributed by atoms with E-state index in [0.717, 1.165) is 12.8 Å². The average Bonchev–Trinajstić information content (AvgIpc) is 3.21. The molecule has 29 heavy (non-hydrogen) atoms. The highest BCUT2D eigenvalue weighted by Crippen LogP contribution is 2.26. The molecule has 2 aliphatic carbocycles. The molecule has 1 aromatic carbocycles. The van der Waals surface area contributed by atoms with Crippen LogP contribution in [0.2, 0.25) is 10.0 Å². The second kappa shape index (κ2) is 8.90. The summed E-state index contributed by atoms with van der Waals surface area (Å²) in [7, 11) is 0. The molecule has 2 N–H and O–H groups in total. The van der Waals surface area contributed by atoms with Crippen molar-refractivity contribution in [2.24, 2.45) is 0 Å². The molecule has 2 aromatic rings. The minimum absolute atomic E-state index is 0.0779. The van der Waals surface area contributed by atoms with Gasteiger partial charge in [0.05, 0.1) is 6.54 Å². The van der Waals surface area contributed by atoms with E-state index in [4.69, 9.17) is 23.2 Å². The molecule has 1 heterocycles. The lowest BCUT2D eigenvalue weighted by Crippen LogP contribution is -2.59. The van der Waals surface area contributed by atoms with Crippen molar-refractivity contribution >= 4 is 29.1 Å². The molecule has 0 unspecified atom stereocenters. The molecule has 2 fully saturated rings. The molecule has 2 atom stereocenters. The van der Waals surface area contributed by atoms with Gasteiger partial charge in [-0.05, 0) is 49.9 Å². The van der Waals surface area contributed by atoms with E-state index in [9.17, 15) is 9.59 Å². The van der Waals surface area contributed by atoms with Gasteiger partial charge in [-0.2, -0.15) is 0 Å². The highest BCUT2D eigenvalue weighted by atomic mass is 35.5. The first-order chi connectivity index (χ1) is 14.0. The maximum Gasteiger partial charge on any atom is 0.263 e. The number of aromatic nitrogens is 1. The Kier molecular flexibility index (Phi) is 6.28. The number of benzene rings is 1. The van der Waals surface area contributed by atoms with E-state index in [0.29, 0.717) is 27.7 Å². The Balaban J connectivity index is 1.45. The van der Waals surface area contributed by atoms with Crippen LogP contribution < -0.4 is 16.2 Å². The van der Waals surface area contributed by atoms with E-state index in [-0.39, 0.29) is 29.6 Å². The van der Waals surface area contributed by atoms with Crippen molar-refractivity contribution in [1.82, 2.24) is 15.2 Å². The SMILES string of the molecule is O=C(N[C@H]1CC[C@H]1NC1CCCC1)c1cccn(Cc2c(Cl)cccc2Cl)c1=O. The molecule has 1 amide bonds. The topological polar surface area (TPSA) is 63.1 Å². The van der Waals surface area contributed by atoms with Gasteiger partial charge in [-0.25, -0.2) is 0 Å². The number of hydrogen-bond donors (Lipinski definition) is 2. The molecule has 0 aliphatic heterocycles. The normalized spacial score (nSPS) is 21.7. The van der Waals surface area contributed by atoms with Crippen LogP contribution in [0.3, 0.4) is 0 Å². The number of carbonyl (C=O) groups is 1. The summed E-state index contributed by atoms with van der Waals surface area (Å²) in [6.45, 7) is 0.216. The van der Waals surface area contributed by atoms with Gasteiger partial charge in [0.2, 0.25) is 0 Å². The predicted molar refractivity (Wildman–Crippen MR) is 116 cm³/mol. The second-order valence-electron chi connectivity index (χ2n) is 7.97. The number of nitrogens with one attached hydrogen (secondary N) is 2. The summed E-state index contributed by atoms with van der Waals surface area (Å²) >= 11 is 12.5. The average molecular weight is 434 g/mol. The fourth-order valence-electron chi connectivity index (χ4n) is 4.20. The molecule has 5 nitrogen and oxygen atoms in total. The first-order valence-electron chi connectivity index (χ1n) is 10.2. The standard InChI is InChI=1S/C22H25Cl2N3O2/c23-17-8-3-9-18(24)16(17)13-27-12-4-7-15(22(27)29)21(28)26-20-11-10-19(20)25-14-5-1-2-6-14/h3-4,7-9,12,14,19-20,25H,1-2,5-6,10-11,13H2,(H,26,28)/t19-,20+/m1/s1. The number of nitrogens with zero attached hydrogens (tertiary/aromatic N) is 1. The number of amides is 1. The van der Waals surface area contributed by atoms with Crippen molar-refractivity contribution < 1.29 is 4.79 Å². The zero-order valence-corrected chi connectivity index (χ0v) is 17.7. The molecule has 1 aromatic heterocycles. The molecule has 0 radical (unpaired) electrons. The number of carbonyl (C=O) groups excluding carboxylic acids is 1. The lowest BCUT2D eigenvalue weighted by Gasteiger charge is -2.39. The van der Waals surface area contributed by atoms with Crippen LogP contribution in [0, 0.1) is 0 Å². The monoisotopic (exact) mass is 433 g/mol. The molecular weight excluding hydrogens is 409 g/mol. The lowest BCUT2D eigenvalue weighted by molar-refractivity contribution is 0.0887. The Morgan fingerprint density at radius 1 is 1.00 bits per heavy atom. The van der Waals surface area contributed by atoms with E-state index in [1.807, 2.05) is 0 Å². The Hall–Kier alpha value is -1.82. The van der Waals surface area contributed by atoms with Crippen LogP contribution in [0.1, 0.15) is 54.4 Å². The van der Waals surface area contributed by atoms with Crippen LogP contribution in [-0.2, 0) is 6.54 Å². The minimum Gasteiger partial charge on any atom is -0.348 e. The Morgan fingerprint density at radius 2 is 1.69 bits per heavy atom. The van der Waals surface area contributed by atoms with E-state index in [2.05, 4.69) is 10.6 Å². The van der Waals surface area contributed by atoms with Crippen LogP contribution >= 0.6 is 23.2 Å². The highest BCUT2D eigenvalue weighted by Gasteiger charge is 2.34. The first kappa shape index (κ1) is 20.5. The van der Waals surface area contributed by atoms with Gasteiger partial charge in [-0.15, -0.1) is 0 Å². The fourth-order valence-corrected chi connectivity index (χ4v) is 4.72. The third-order valence-corrected chi connectivity index (χ3v) is 6.76. The number of hydrogen-bond acceptors (Lipinski definition) is 3. The van der Waals surface area contributed by atoms with Crippen molar-refractivity contribution in [3.8, 4) is 0 Å². The summed E-state index contributed by atoms with van der Waals surface area (Å²) in [5.74, 6) is -0.322. The summed E-state index contributed by atoms with van der Waals surface area (Å²) in [5.41, 5.74) is 0.457. The van der Waals surface area contributed by atoms with Crippen molar-refractivity contribution in [3.63, 3.8) is 0 Å². The van der Waals surface area contributed by atoms with Crippen molar-refractivity contribution in [1.29, 1.82) is 0 Å². The Bertz CT molecular complexity index is 933. The number of halogens is 2. The Morgan fingerprint density at radius 3 is 2.34 bits per heavy atom.